The molecule has 1 aromatic rings. The molecule has 1 N–H and O–H groups in total. The second-order valence-corrected chi connectivity index (χ2v) is 8.15. The van der Waals surface area contributed by atoms with Gasteiger partial charge in [-0.25, -0.2) is 12.7 Å². The molecule has 0 heterocycles. The van der Waals surface area contributed by atoms with Gasteiger partial charge in [-0.1, -0.05) is 29.8 Å². The summed E-state index contributed by atoms with van der Waals surface area (Å²) in [5, 5.41) is 4.13. The quantitative estimate of drug-likeness (QED) is 0.874. The summed E-state index contributed by atoms with van der Waals surface area (Å²) in [6, 6.07) is 8.33. The molecule has 1 saturated carbocycles. The molecule has 0 spiro atoms. The van der Waals surface area contributed by atoms with Gasteiger partial charge >= 0.3 is 0 Å². The fourth-order valence-corrected chi connectivity index (χ4v) is 3.45. The van der Waals surface area contributed by atoms with Crippen LogP contribution in [0.2, 0.25) is 5.02 Å². The molecule has 6 heteroatoms. The number of rotatable bonds is 6. The highest BCUT2D eigenvalue weighted by Gasteiger charge is 2.31. The number of sulfonamides is 1. The second-order valence-electron chi connectivity index (χ2n) is 5.44. The summed E-state index contributed by atoms with van der Waals surface area (Å²) in [6.45, 7) is 0.500. The van der Waals surface area contributed by atoms with Crippen molar-refractivity contribution in [2.45, 2.75) is 24.8 Å². The van der Waals surface area contributed by atoms with Gasteiger partial charge in [-0.2, -0.15) is 0 Å². The summed E-state index contributed by atoms with van der Waals surface area (Å²) in [5.74, 6) is 0.638. The second kappa shape index (κ2) is 6.43. The van der Waals surface area contributed by atoms with Crippen LogP contribution in [0.1, 0.15) is 24.3 Å². The maximum Gasteiger partial charge on any atom is 0.214 e. The summed E-state index contributed by atoms with van der Waals surface area (Å²) in [5.41, 5.74) is 1.20. The van der Waals surface area contributed by atoms with Gasteiger partial charge < -0.3 is 5.32 Å². The van der Waals surface area contributed by atoms with Crippen molar-refractivity contribution in [1.82, 2.24) is 9.62 Å². The molecule has 112 valence electrons. The van der Waals surface area contributed by atoms with E-state index in [0.717, 1.165) is 17.9 Å². The Hall–Kier alpha value is -0.620. The van der Waals surface area contributed by atoms with E-state index in [2.05, 4.69) is 11.4 Å². The van der Waals surface area contributed by atoms with Crippen LogP contribution in [0.4, 0.5) is 0 Å². The van der Waals surface area contributed by atoms with Crippen molar-refractivity contribution in [3.05, 3.63) is 34.9 Å². The molecule has 0 atom stereocenters. The fraction of sp³-hybridized carbons (Fsp3) is 0.571. The molecule has 1 fully saturated rings. The van der Waals surface area contributed by atoms with Crippen molar-refractivity contribution >= 4 is 21.6 Å². The SMILES string of the molecule is CN(C)S(=O)(=O)CCNC1CC(c2ccccc2Cl)C1. The zero-order chi connectivity index (χ0) is 14.8. The molecule has 4 nitrogen and oxygen atoms in total. The zero-order valence-corrected chi connectivity index (χ0v) is 13.4. The Morgan fingerprint density at radius 2 is 1.95 bits per heavy atom. The third kappa shape index (κ3) is 3.73. The first-order chi connectivity index (χ1) is 9.40. The molecule has 1 aliphatic carbocycles. The Balaban J connectivity index is 1.74. The number of hydrogen-bond donors (Lipinski definition) is 1. The van der Waals surface area contributed by atoms with Gasteiger partial charge in [0.2, 0.25) is 10.0 Å². The minimum absolute atomic E-state index is 0.146. The fourth-order valence-electron chi connectivity index (χ4n) is 2.42. The molecular weight excluding hydrogens is 296 g/mol. The van der Waals surface area contributed by atoms with Crippen LogP contribution in [-0.4, -0.2) is 45.2 Å². The first-order valence-electron chi connectivity index (χ1n) is 6.78. The van der Waals surface area contributed by atoms with E-state index in [1.165, 1.54) is 9.87 Å². The highest BCUT2D eigenvalue weighted by atomic mass is 35.5. The lowest BCUT2D eigenvalue weighted by atomic mass is 9.76. The Morgan fingerprint density at radius 3 is 2.55 bits per heavy atom. The Morgan fingerprint density at radius 1 is 1.30 bits per heavy atom. The van der Waals surface area contributed by atoms with E-state index in [1.54, 1.807) is 14.1 Å². The number of benzene rings is 1. The molecule has 0 saturated heterocycles. The molecule has 1 aromatic carbocycles. The van der Waals surface area contributed by atoms with Crippen molar-refractivity contribution in [2.75, 3.05) is 26.4 Å². The predicted molar refractivity (Wildman–Crippen MR) is 82.7 cm³/mol. The van der Waals surface area contributed by atoms with Gasteiger partial charge in [-0.05, 0) is 30.4 Å². The van der Waals surface area contributed by atoms with E-state index in [0.29, 0.717) is 18.5 Å². The maximum atomic E-state index is 11.6. The van der Waals surface area contributed by atoms with Gasteiger partial charge in [-0.15, -0.1) is 0 Å². The third-order valence-corrected chi connectivity index (χ3v) is 6.01. The first-order valence-corrected chi connectivity index (χ1v) is 8.77. The average molecular weight is 317 g/mol. The number of nitrogens with one attached hydrogen (secondary N) is 1. The van der Waals surface area contributed by atoms with E-state index in [4.69, 9.17) is 11.6 Å². The van der Waals surface area contributed by atoms with E-state index in [9.17, 15) is 8.42 Å². The highest BCUT2D eigenvalue weighted by Crippen LogP contribution is 2.39. The molecule has 0 amide bonds. The van der Waals surface area contributed by atoms with Crippen molar-refractivity contribution < 1.29 is 8.42 Å². The summed E-state index contributed by atoms with van der Waals surface area (Å²) < 4.78 is 24.5. The molecule has 0 radical (unpaired) electrons. The minimum atomic E-state index is -3.10. The van der Waals surface area contributed by atoms with Gasteiger partial charge in [0.1, 0.15) is 0 Å². The Labute approximate surface area is 126 Å². The molecule has 1 aliphatic rings. The molecule has 20 heavy (non-hydrogen) atoms. The molecule has 2 rings (SSSR count). The topological polar surface area (TPSA) is 49.4 Å². The third-order valence-electron chi connectivity index (χ3n) is 3.83. The predicted octanol–water partition coefficient (Wildman–Crippen LogP) is 2.07. The highest BCUT2D eigenvalue weighted by molar-refractivity contribution is 7.89. The van der Waals surface area contributed by atoms with Gasteiger partial charge in [0.05, 0.1) is 5.75 Å². The van der Waals surface area contributed by atoms with Crippen LogP contribution in [0.3, 0.4) is 0 Å². The smallest absolute Gasteiger partial charge is 0.214 e. The summed E-state index contributed by atoms with van der Waals surface area (Å²) >= 11 is 6.17. The van der Waals surface area contributed by atoms with Gasteiger partial charge in [0, 0.05) is 31.7 Å². The van der Waals surface area contributed by atoms with Gasteiger partial charge in [0.25, 0.3) is 0 Å². The maximum absolute atomic E-state index is 11.6. The lowest BCUT2D eigenvalue weighted by Crippen LogP contribution is -2.43. The Kier molecular flexibility index (Phi) is 5.07. The van der Waals surface area contributed by atoms with Crippen molar-refractivity contribution in [3.63, 3.8) is 0 Å². The summed E-state index contributed by atoms with van der Waals surface area (Å²) in [6.07, 6.45) is 2.04. The lowest BCUT2D eigenvalue weighted by molar-refractivity contribution is 0.296. The normalized spacial score (nSPS) is 22.8. The summed E-state index contributed by atoms with van der Waals surface area (Å²) in [7, 11) is 0.0226. The zero-order valence-electron chi connectivity index (χ0n) is 11.8. The monoisotopic (exact) mass is 316 g/mol. The van der Waals surface area contributed by atoms with Crippen molar-refractivity contribution in [3.8, 4) is 0 Å². The minimum Gasteiger partial charge on any atom is -0.313 e. The van der Waals surface area contributed by atoms with E-state index < -0.39 is 10.0 Å². The standard InChI is InChI=1S/C14H21ClN2O2S/c1-17(2)20(18,19)8-7-16-12-9-11(10-12)13-5-3-4-6-14(13)15/h3-6,11-12,16H,7-10H2,1-2H3. The van der Waals surface area contributed by atoms with Crippen LogP contribution in [0.25, 0.3) is 0 Å². The van der Waals surface area contributed by atoms with Crippen molar-refractivity contribution in [1.29, 1.82) is 0 Å². The van der Waals surface area contributed by atoms with Gasteiger partial charge in [-0.3, -0.25) is 0 Å². The lowest BCUT2D eigenvalue weighted by Gasteiger charge is -2.36. The first kappa shape index (κ1) is 15.8. The molecule has 0 unspecified atom stereocenters. The Bertz CT molecular complexity index is 554. The molecule has 0 aromatic heterocycles. The van der Waals surface area contributed by atoms with Crippen molar-refractivity contribution in [2.24, 2.45) is 0 Å². The molecule has 0 bridgehead atoms. The van der Waals surface area contributed by atoms with Crippen LogP contribution in [-0.2, 0) is 10.0 Å². The molecule has 0 aliphatic heterocycles. The number of nitrogens with zero attached hydrogens (tertiary/aromatic N) is 1. The van der Waals surface area contributed by atoms with E-state index in [1.807, 2.05) is 18.2 Å². The largest absolute Gasteiger partial charge is 0.313 e. The van der Waals surface area contributed by atoms with Gasteiger partial charge in [0.15, 0.2) is 0 Å². The van der Waals surface area contributed by atoms with Crippen LogP contribution in [0.15, 0.2) is 24.3 Å². The van der Waals surface area contributed by atoms with Crippen LogP contribution in [0.5, 0.6) is 0 Å². The summed E-state index contributed by atoms with van der Waals surface area (Å²) in [4.78, 5) is 0. The number of halogens is 1. The van der Waals surface area contributed by atoms with E-state index >= 15 is 0 Å². The number of hydrogen-bond acceptors (Lipinski definition) is 3. The molecular formula is C14H21ClN2O2S. The average Bonchev–Trinajstić information content (AvgIpc) is 2.33. The van der Waals surface area contributed by atoms with Crippen LogP contribution >= 0.6 is 11.6 Å². The van der Waals surface area contributed by atoms with Crippen LogP contribution in [0, 0.1) is 0 Å². The van der Waals surface area contributed by atoms with E-state index in [-0.39, 0.29) is 5.75 Å². The van der Waals surface area contributed by atoms with Crippen LogP contribution < -0.4 is 5.32 Å².